The number of nitrogens with zero attached hydrogens (tertiary/aromatic N) is 2. The lowest BCUT2D eigenvalue weighted by molar-refractivity contribution is 0.400. The van der Waals surface area contributed by atoms with E-state index in [1.54, 1.807) is 0 Å². The Labute approximate surface area is 127 Å². The van der Waals surface area contributed by atoms with E-state index >= 15 is 0 Å². The minimum Gasteiger partial charge on any atom is -0.370 e. The number of pyridine rings is 1. The third-order valence-electron chi connectivity index (χ3n) is 4.40. The van der Waals surface area contributed by atoms with E-state index in [9.17, 15) is 0 Å². The molecule has 0 saturated carbocycles. The monoisotopic (exact) mass is 283 g/mol. The van der Waals surface area contributed by atoms with Gasteiger partial charge in [0.25, 0.3) is 0 Å². The number of piperidine rings is 1. The molecule has 1 N–H and O–H groups in total. The van der Waals surface area contributed by atoms with Gasteiger partial charge in [-0.1, -0.05) is 24.6 Å². The molecule has 1 atom stereocenters. The second kappa shape index (κ2) is 6.44. The number of para-hydroxylation sites is 1. The van der Waals surface area contributed by atoms with Crippen LogP contribution in [-0.2, 0) is 0 Å². The maximum Gasteiger partial charge on any atom is 0.0726 e. The van der Waals surface area contributed by atoms with Crippen molar-refractivity contribution in [3.05, 3.63) is 36.0 Å². The molecule has 1 aromatic heterocycles. The van der Waals surface area contributed by atoms with Crippen molar-refractivity contribution < 1.29 is 0 Å². The van der Waals surface area contributed by atoms with Gasteiger partial charge in [-0.2, -0.15) is 0 Å². The second-order valence-electron chi connectivity index (χ2n) is 5.99. The number of likely N-dealkylation sites (N-methyl/N-ethyl adjacent to an activating group) is 1. The van der Waals surface area contributed by atoms with E-state index < -0.39 is 0 Å². The molecular weight excluding hydrogens is 258 g/mol. The predicted molar refractivity (Wildman–Crippen MR) is 90.0 cm³/mol. The van der Waals surface area contributed by atoms with Gasteiger partial charge in [-0.05, 0) is 45.4 Å². The Balaban J connectivity index is 1.92. The fraction of sp³-hybridized carbons (Fsp3) is 0.500. The first kappa shape index (κ1) is 14.3. The number of fused-ring (bicyclic) bond motifs is 1. The summed E-state index contributed by atoms with van der Waals surface area (Å²) < 4.78 is 0. The van der Waals surface area contributed by atoms with Crippen LogP contribution in [0.15, 0.2) is 30.3 Å². The molecule has 1 fully saturated rings. The summed E-state index contributed by atoms with van der Waals surface area (Å²) in [5, 5.41) is 4.92. The quantitative estimate of drug-likeness (QED) is 0.930. The highest BCUT2D eigenvalue weighted by molar-refractivity contribution is 5.91. The molecule has 1 aliphatic rings. The van der Waals surface area contributed by atoms with Crippen LogP contribution in [0.2, 0.25) is 0 Å². The van der Waals surface area contributed by atoms with Crippen molar-refractivity contribution in [2.75, 3.05) is 24.5 Å². The number of anilines is 1. The first-order valence-electron chi connectivity index (χ1n) is 8.12. The van der Waals surface area contributed by atoms with Crippen LogP contribution in [0, 0.1) is 6.92 Å². The molecule has 1 unspecified atom stereocenters. The zero-order valence-electron chi connectivity index (χ0n) is 13.1. The van der Waals surface area contributed by atoms with E-state index in [1.165, 1.54) is 36.9 Å². The summed E-state index contributed by atoms with van der Waals surface area (Å²) in [6.45, 7) is 7.61. The summed E-state index contributed by atoms with van der Waals surface area (Å²) in [5.74, 6) is 0. The Kier molecular flexibility index (Phi) is 4.39. The summed E-state index contributed by atoms with van der Waals surface area (Å²) in [5.41, 5.74) is 3.52. The van der Waals surface area contributed by atoms with Crippen LogP contribution in [0.3, 0.4) is 0 Å². The first-order valence-corrected chi connectivity index (χ1v) is 8.12. The Morgan fingerprint density at radius 2 is 2.14 bits per heavy atom. The Bertz CT molecular complexity index is 602. The molecule has 0 amide bonds. The van der Waals surface area contributed by atoms with Gasteiger partial charge in [0.05, 0.1) is 5.52 Å². The summed E-state index contributed by atoms with van der Waals surface area (Å²) >= 11 is 0. The van der Waals surface area contributed by atoms with Gasteiger partial charge in [0.2, 0.25) is 0 Å². The Morgan fingerprint density at radius 1 is 1.29 bits per heavy atom. The van der Waals surface area contributed by atoms with Crippen LogP contribution >= 0.6 is 0 Å². The van der Waals surface area contributed by atoms with Crippen LogP contribution in [0.25, 0.3) is 10.9 Å². The third kappa shape index (κ3) is 3.18. The average Bonchev–Trinajstić information content (AvgIpc) is 2.53. The van der Waals surface area contributed by atoms with Crippen molar-refractivity contribution in [3.63, 3.8) is 0 Å². The normalized spacial score (nSPS) is 18.9. The highest BCUT2D eigenvalue weighted by Gasteiger charge is 2.18. The van der Waals surface area contributed by atoms with E-state index in [0.717, 1.165) is 24.3 Å². The topological polar surface area (TPSA) is 28.2 Å². The number of aryl methyl sites for hydroxylation is 1. The molecule has 3 heteroatoms. The van der Waals surface area contributed by atoms with Gasteiger partial charge < -0.3 is 10.2 Å². The summed E-state index contributed by atoms with van der Waals surface area (Å²) in [7, 11) is 0. The lowest BCUT2D eigenvalue weighted by Gasteiger charge is -2.32. The Hall–Kier alpha value is -1.61. The molecule has 0 spiro atoms. The minimum atomic E-state index is 0.617. The molecule has 21 heavy (non-hydrogen) atoms. The maximum atomic E-state index is 4.66. The van der Waals surface area contributed by atoms with Crippen molar-refractivity contribution in [1.29, 1.82) is 0 Å². The van der Waals surface area contributed by atoms with Crippen molar-refractivity contribution in [1.82, 2.24) is 10.3 Å². The minimum absolute atomic E-state index is 0.617. The third-order valence-corrected chi connectivity index (χ3v) is 4.40. The highest BCUT2D eigenvalue weighted by Crippen LogP contribution is 2.27. The zero-order chi connectivity index (χ0) is 14.7. The van der Waals surface area contributed by atoms with E-state index in [0.29, 0.717) is 6.04 Å². The molecule has 2 heterocycles. The lowest BCUT2D eigenvalue weighted by atomic mass is 10.0. The molecule has 112 valence electrons. The fourth-order valence-electron chi connectivity index (χ4n) is 3.29. The summed E-state index contributed by atoms with van der Waals surface area (Å²) in [6, 6.07) is 11.3. The Morgan fingerprint density at radius 3 is 2.90 bits per heavy atom. The van der Waals surface area contributed by atoms with Gasteiger partial charge in [-0.25, -0.2) is 0 Å². The van der Waals surface area contributed by atoms with E-state index in [-0.39, 0.29) is 0 Å². The summed E-state index contributed by atoms with van der Waals surface area (Å²) in [4.78, 5) is 7.16. The number of nitrogens with one attached hydrogen (secondary N) is 1. The largest absolute Gasteiger partial charge is 0.370 e. The van der Waals surface area contributed by atoms with Crippen molar-refractivity contribution >= 4 is 16.6 Å². The van der Waals surface area contributed by atoms with E-state index in [1.807, 2.05) is 0 Å². The molecule has 0 radical (unpaired) electrons. The van der Waals surface area contributed by atoms with Crippen molar-refractivity contribution in [2.45, 2.75) is 39.2 Å². The summed E-state index contributed by atoms with van der Waals surface area (Å²) in [6.07, 6.45) is 3.96. The zero-order valence-corrected chi connectivity index (χ0v) is 13.1. The molecular formula is C18H25N3. The van der Waals surface area contributed by atoms with Crippen LogP contribution in [-0.4, -0.2) is 30.7 Å². The number of benzene rings is 1. The molecule has 1 aromatic carbocycles. The van der Waals surface area contributed by atoms with Gasteiger partial charge >= 0.3 is 0 Å². The maximum absolute atomic E-state index is 4.66. The lowest BCUT2D eigenvalue weighted by Crippen LogP contribution is -2.43. The van der Waals surface area contributed by atoms with Crippen LogP contribution in [0.5, 0.6) is 0 Å². The number of hydrogen-bond donors (Lipinski definition) is 1. The highest BCUT2D eigenvalue weighted by atomic mass is 15.2. The SMILES string of the molecule is CCN(CC1CCCCN1)c1cc(C)nc2ccccc12. The number of hydrogen-bond acceptors (Lipinski definition) is 3. The molecule has 3 rings (SSSR count). The van der Waals surface area contributed by atoms with Gasteiger partial charge in [-0.3, -0.25) is 4.98 Å². The van der Waals surface area contributed by atoms with Crippen molar-refractivity contribution in [2.24, 2.45) is 0 Å². The fourth-order valence-corrected chi connectivity index (χ4v) is 3.29. The molecule has 0 bridgehead atoms. The van der Waals surface area contributed by atoms with Gasteiger partial charge in [0.1, 0.15) is 0 Å². The second-order valence-corrected chi connectivity index (χ2v) is 5.99. The number of aromatic nitrogens is 1. The predicted octanol–water partition coefficient (Wildman–Crippen LogP) is 3.51. The molecule has 1 aliphatic heterocycles. The van der Waals surface area contributed by atoms with Crippen molar-refractivity contribution in [3.8, 4) is 0 Å². The molecule has 0 aliphatic carbocycles. The van der Waals surface area contributed by atoms with Crippen LogP contribution in [0.4, 0.5) is 5.69 Å². The van der Waals surface area contributed by atoms with E-state index in [2.05, 4.69) is 59.4 Å². The van der Waals surface area contributed by atoms with Gasteiger partial charge in [-0.15, -0.1) is 0 Å². The molecule has 1 saturated heterocycles. The smallest absolute Gasteiger partial charge is 0.0726 e. The standard InChI is InChI=1S/C18H25N3/c1-3-21(13-15-8-6-7-11-19-15)18-12-14(2)20-17-10-5-4-9-16(17)18/h4-5,9-10,12,15,19H,3,6-8,11,13H2,1-2H3. The van der Waals surface area contributed by atoms with Gasteiger partial charge in [0.15, 0.2) is 0 Å². The van der Waals surface area contributed by atoms with Crippen LogP contribution < -0.4 is 10.2 Å². The molecule has 2 aromatic rings. The molecule has 3 nitrogen and oxygen atoms in total. The number of rotatable bonds is 4. The average molecular weight is 283 g/mol. The van der Waals surface area contributed by atoms with E-state index in [4.69, 9.17) is 0 Å². The van der Waals surface area contributed by atoms with Gasteiger partial charge in [0, 0.05) is 35.9 Å². The first-order chi connectivity index (χ1) is 10.3. The van der Waals surface area contributed by atoms with Crippen LogP contribution in [0.1, 0.15) is 31.9 Å².